The monoisotopic (exact) mass is 557 g/mol. The topological polar surface area (TPSA) is 40.5 Å². The summed E-state index contributed by atoms with van der Waals surface area (Å²) in [5.41, 5.74) is -3.92. The number of carboxylic acids is 1. The second-order valence-corrected chi connectivity index (χ2v) is 9.84. The Kier molecular flexibility index (Phi) is 8.95. The van der Waals surface area contributed by atoms with Crippen LogP contribution < -0.4 is 0 Å². The highest BCUT2D eigenvalue weighted by molar-refractivity contribution is 5.70. The third-order valence-electron chi connectivity index (χ3n) is 7.35. The second-order valence-electron chi connectivity index (χ2n) is 9.84. The number of hydrogen-bond acceptors (Lipinski definition) is 2. The molecule has 1 N–H and O–H groups in total. The Bertz CT molecular complexity index is 1060. The molecule has 1 saturated heterocycles. The molecule has 3 nitrogen and oxygen atoms in total. The summed E-state index contributed by atoms with van der Waals surface area (Å²) in [6, 6.07) is 0.554. The molecule has 0 saturated carbocycles. The quantitative estimate of drug-likeness (QED) is 0.347. The zero-order chi connectivity index (χ0) is 28.5. The minimum absolute atomic E-state index is 0.0839. The van der Waals surface area contributed by atoms with Gasteiger partial charge in [0.15, 0.2) is 0 Å². The molecular weight excluding hydrogens is 529 g/mol. The number of benzene rings is 1. The largest absolute Gasteiger partial charge is 0.481 e. The van der Waals surface area contributed by atoms with E-state index in [4.69, 9.17) is 0 Å². The standard InChI is InChI=1S/C26H28F9NO2/c1-2-3-20(23(37)38)16-10-11-36(22(13-16)15-4-6-18(7-5-15)24(27,28)29)14-17-12-19(25(30,31)32)8-9-21(17)26(33,34)35/h4,6-9,12,15-16,20,22H,2-3,5,10-11,13-14H2,1H3,(H,37,38)/t15?,16-,20?,22+/m0/s1. The van der Waals surface area contributed by atoms with Crippen molar-refractivity contribution in [2.45, 2.75) is 70.1 Å². The van der Waals surface area contributed by atoms with Crippen LogP contribution in [-0.2, 0) is 23.7 Å². The summed E-state index contributed by atoms with van der Waals surface area (Å²) in [6.45, 7) is 1.39. The smallest absolute Gasteiger partial charge is 0.416 e. The first-order valence-corrected chi connectivity index (χ1v) is 12.2. The van der Waals surface area contributed by atoms with Crippen LogP contribution in [-0.4, -0.2) is 34.7 Å². The highest BCUT2D eigenvalue weighted by atomic mass is 19.4. The van der Waals surface area contributed by atoms with Gasteiger partial charge >= 0.3 is 24.5 Å². The third-order valence-corrected chi connectivity index (χ3v) is 7.35. The SMILES string of the molecule is CCCC(C(=O)O)[C@H]1CCN(Cc2cc(C(F)(F)F)ccc2C(F)(F)F)[C@@H](C2C=CC(C(F)(F)F)=CC2)C1. The number of aliphatic carboxylic acids is 1. The van der Waals surface area contributed by atoms with Gasteiger partial charge in [0.25, 0.3) is 0 Å². The van der Waals surface area contributed by atoms with Gasteiger partial charge in [-0.15, -0.1) is 0 Å². The first-order valence-electron chi connectivity index (χ1n) is 12.2. The highest BCUT2D eigenvalue weighted by Gasteiger charge is 2.42. The van der Waals surface area contributed by atoms with Gasteiger partial charge in [-0.25, -0.2) is 0 Å². The Labute approximate surface area is 214 Å². The molecule has 2 aliphatic rings. The molecule has 0 amide bonds. The van der Waals surface area contributed by atoms with Gasteiger partial charge in [0, 0.05) is 12.6 Å². The number of piperidine rings is 1. The summed E-state index contributed by atoms with van der Waals surface area (Å²) in [7, 11) is 0. The third kappa shape index (κ3) is 7.12. The van der Waals surface area contributed by atoms with Gasteiger partial charge in [-0.3, -0.25) is 9.69 Å². The Morgan fingerprint density at radius 1 is 1.05 bits per heavy atom. The molecule has 0 aromatic heterocycles. The maximum absolute atomic E-state index is 13.7. The number of likely N-dealkylation sites (tertiary alicyclic amines) is 1. The lowest BCUT2D eigenvalue weighted by molar-refractivity contribution is -0.145. The molecule has 1 heterocycles. The zero-order valence-electron chi connectivity index (χ0n) is 20.4. The van der Waals surface area contributed by atoms with Crippen molar-refractivity contribution in [2.24, 2.45) is 17.8 Å². The predicted octanol–water partition coefficient (Wildman–Crippen LogP) is 7.87. The minimum Gasteiger partial charge on any atom is -0.481 e. The van der Waals surface area contributed by atoms with E-state index in [1.54, 1.807) is 4.90 Å². The van der Waals surface area contributed by atoms with Crippen molar-refractivity contribution in [1.29, 1.82) is 0 Å². The van der Waals surface area contributed by atoms with Gasteiger partial charge in [-0.2, -0.15) is 39.5 Å². The molecule has 1 aliphatic heterocycles. The summed E-state index contributed by atoms with van der Waals surface area (Å²) in [5, 5.41) is 9.72. The van der Waals surface area contributed by atoms with Crippen molar-refractivity contribution in [2.75, 3.05) is 6.54 Å². The minimum atomic E-state index is -4.92. The van der Waals surface area contributed by atoms with Crippen LogP contribution in [0.5, 0.6) is 0 Å². The van der Waals surface area contributed by atoms with E-state index in [2.05, 4.69) is 0 Å². The van der Waals surface area contributed by atoms with Crippen molar-refractivity contribution in [3.05, 3.63) is 58.7 Å². The van der Waals surface area contributed by atoms with E-state index >= 15 is 0 Å². The van der Waals surface area contributed by atoms with E-state index < -0.39 is 71.2 Å². The molecule has 0 spiro atoms. The summed E-state index contributed by atoms with van der Waals surface area (Å²) in [6.07, 6.45) is -9.86. The molecule has 38 heavy (non-hydrogen) atoms. The lowest BCUT2D eigenvalue weighted by Crippen LogP contribution is -2.48. The summed E-state index contributed by atoms with van der Waals surface area (Å²) in [5.74, 6) is -2.73. The molecule has 1 aromatic carbocycles. The molecule has 1 fully saturated rings. The first kappa shape index (κ1) is 30.0. The number of hydrogen-bond donors (Lipinski definition) is 1. The van der Waals surface area contributed by atoms with Crippen molar-refractivity contribution in [3.8, 4) is 0 Å². The fourth-order valence-corrected chi connectivity index (χ4v) is 5.48. The van der Waals surface area contributed by atoms with Crippen LogP contribution >= 0.6 is 0 Å². The van der Waals surface area contributed by atoms with Gasteiger partial charge in [0.2, 0.25) is 0 Å². The number of rotatable bonds is 7. The van der Waals surface area contributed by atoms with Gasteiger partial charge in [-0.1, -0.05) is 31.6 Å². The molecular formula is C26H28F9NO2. The average Bonchev–Trinajstić information content (AvgIpc) is 2.81. The molecule has 212 valence electrons. The van der Waals surface area contributed by atoms with Crippen molar-refractivity contribution >= 4 is 5.97 Å². The Hall–Kier alpha value is -2.50. The maximum atomic E-state index is 13.7. The lowest BCUT2D eigenvalue weighted by Gasteiger charge is -2.45. The van der Waals surface area contributed by atoms with E-state index in [0.717, 1.165) is 12.2 Å². The summed E-state index contributed by atoms with van der Waals surface area (Å²) in [4.78, 5) is 13.4. The van der Waals surface area contributed by atoms with Gasteiger partial charge in [0.05, 0.1) is 22.6 Å². The Morgan fingerprint density at radius 2 is 1.74 bits per heavy atom. The predicted molar refractivity (Wildman–Crippen MR) is 121 cm³/mol. The van der Waals surface area contributed by atoms with E-state index in [1.807, 2.05) is 6.92 Å². The molecule has 0 radical (unpaired) electrons. The Balaban J connectivity index is 1.97. The Morgan fingerprint density at radius 3 is 2.24 bits per heavy atom. The van der Waals surface area contributed by atoms with Gasteiger partial charge in [-0.05, 0) is 67.8 Å². The summed E-state index contributed by atoms with van der Waals surface area (Å²) < 4.78 is 120. The van der Waals surface area contributed by atoms with E-state index in [0.29, 0.717) is 31.0 Å². The number of allylic oxidation sites excluding steroid dienone is 3. The number of carbonyl (C=O) groups is 1. The molecule has 3 rings (SSSR count). The first-order chi connectivity index (χ1) is 17.5. The van der Waals surface area contributed by atoms with Crippen LogP contribution in [0.25, 0.3) is 0 Å². The highest BCUT2D eigenvalue weighted by Crippen LogP contribution is 2.42. The van der Waals surface area contributed by atoms with Crippen LogP contribution in [0.1, 0.15) is 55.7 Å². The van der Waals surface area contributed by atoms with Crippen molar-refractivity contribution in [1.82, 2.24) is 4.90 Å². The number of carboxylic acid groups (broad SMARTS) is 1. The molecule has 4 atom stereocenters. The van der Waals surface area contributed by atoms with Crippen LogP contribution in [0.3, 0.4) is 0 Å². The normalized spacial score (nSPS) is 24.3. The van der Waals surface area contributed by atoms with Gasteiger partial charge < -0.3 is 5.11 Å². The van der Waals surface area contributed by atoms with E-state index in [9.17, 15) is 49.4 Å². The van der Waals surface area contributed by atoms with E-state index in [1.165, 1.54) is 6.08 Å². The number of nitrogens with zero attached hydrogens (tertiary/aromatic N) is 1. The second kappa shape index (κ2) is 11.3. The molecule has 1 aliphatic carbocycles. The van der Waals surface area contributed by atoms with E-state index in [-0.39, 0.29) is 31.7 Å². The maximum Gasteiger partial charge on any atom is 0.416 e. The van der Waals surface area contributed by atoms with Crippen molar-refractivity contribution in [3.63, 3.8) is 0 Å². The average molecular weight is 557 g/mol. The number of halogens is 9. The van der Waals surface area contributed by atoms with Crippen LogP contribution in [0.4, 0.5) is 39.5 Å². The fraction of sp³-hybridized carbons (Fsp3) is 0.577. The van der Waals surface area contributed by atoms with Crippen LogP contribution in [0.15, 0.2) is 42.0 Å². The molecule has 1 aromatic rings. The van der Waals surface area contributed by atoms with Crippen molar-refractivity contribution < 1.29 is 49.4 Å². The number of alkyl halides is 9. The van der Waals surface area contributed by atoms with Crippen LogP contribution in [0.2, 0.25) is 0 Å². The van der Waals surface area contributed by atoms with Gasteiger partial charge in [0.1, 0.15) is 0 Å². The lowest BCUT2D eigenvalue weighted by atomic mass is 9.74. The fourth-order valence-electron chi connectivity index (χ4n) is 5.48. The zero-order valence-corrected chi connectivity index (χ0v) is 20.4. The molecule has 0 bridgehead atoms. The van der Waals surface area contributed by atoms with Crippen LogP contribution in [0, 0.1) is 17.8 Å². The molecule has 2 unspecified atom stereocenters. The summed E-state index contributed by atoms with van der Waals surface area (Å²) >= 11 is 0. The molecule has 12 heteroatoms.